The van der Waals surface area contributed by atoms with Crippen LogP contribution in [0.5, 0.6) is 5.75 Å². The summed E-state index contributed by atoms with van der Waals surface area (Å²) in [6.07, 6.45) is 5.10. The van der Waals surface area contributed by atoms with Gasteiger partial charge in [0.05, 0.1) is 35.3 Å². The molecular weight excluding hydrogens is 424 g/mol. The molecule has 0 unspecified atom stereocenters. The van der Waals surface area contributed by atoms with Gasteiger partial charge < -0.3 is 20.1 Å². The topological polar surface area (TPSA) is 123 Å². The fourth-order valence-electron chi connectivity index (χ4n) is 3.84. The van der Waals surface area contributed by atoms with Crippen LogP contribution in [0.4, 0.5) is 16.4 Å². The van der Waals surface area contributed by atoms with Crippen molar-refractivity contribution in [2.75, 3.05) is 18.5 Å². The standard InChI is InChI=1S/C22H24N8O3/c1-13-14(2)25-20(11-23-13)26-19-9-17-8-15(4-7-30(17)27-19)21-18(10-24-28(21)3)33-12-16-5-6-29(16)22(31)32/h4,7-11,16H,5-6,12H2,1-3H3,(H,31,32)(H,25,26,27)/t16-/m1/s1. The van der Waals surface area contributed by atoms with E-state index in [-0.39, 0.29) is 6.04 Å². The number of pyridine rings is 1. The number of hydrogen-bond donors (Lipinski definition) is 2. The maximum Gasteiger partial charge on any atom is 0.407 e. The summed E-state index contributed by atoms with van der Waals surface area (Å²) in [5.41, 5.74) is 4.37. The second-order valence-electron chi connectivity index (χ2n) is 8.08. The molecule has 1 atom stereocenters. The maximum absolute atomic E-state index is 11.2. The van der Waals surface area contributed by atoms with Crippen LogP contribution in [0.15, 0.2) is 36.8 Å². The quantitative estimate of drug-likeness (QED) is 0.461. The average molecular weight is 448 g/mol. The van der Waals surface area contributed by atoms with E-state index in [0.29, 0.717) is 30.5 Å². The van der Waals surface area contributed by atoms with E-state index in [1.165, 1.54) is 4.90 Å². The summed E-state index contributed by atoms with van der Waals surface area (Å²) >= 11 is 0. The Morgan fingerprint density at radius 1 is 1.24 bits per heavy atom. The third-order valence-electron chi connectivity index (χ3n) is 5.91. The number of amides is 1. The molecular formula is C22H24N8O3. The summed E-state index contributed by atoms with van der Waals surface area (Å²) in [7, 11) is 1.85. The summed E-state index contributed by atoms with van der Waals surface area (Å²) in [4.78, 5) is 21.4. The molecule has 1 fully saturated rings. The normalized spacial score (nSPS) is 15.5. The Hall–Kier alpha value is -4.15. The number of nitrogens with zero attached hydrogens (tertiary/aromatic N) is 7. The summed E-state index contributed by atoms with van der Waals surface area (Å²) in [6, 6.07) is 5.74. The van der Waals surface area contributed by atoms with Crippen molar-refractivity contribution in [1.29, 1.82) is 0 Å². The zero-order valence-corrected chi connectivity index (χ0v) is 18.6. The number of nitrogens with one attached hydrogen (secondary N) is 1. The Kier molecular flexibility index (Phi) is 5.08. The highest BCUT2D eigenvalue weighted by Gasteiger charge is 2.32. The van der Waals surface area contributed by atoms with Gasteiger partial charge in [0.2, 0.25) is 0 Å². The maximum atomic E-state index is 11.2. The number of hydrogen-bond acceptors (Lipinski definition) is 7. The van der Waals surface area contributed by atoms with E-state index in [1.54, 1.807) is 21.6 Å². The summed E-state index contributed by atoms with van der Waals surface area (Å²) < 4.78 is 9.50. The lowest BCUT2D eigenvalue weighted by molar-refractivity contribution is 0.0501. The zero-order valence-electron chi connectivity index (χ0n) is 18.6. The number of likely N-dealkylation sites (tertiary alicyclic amines) is 1. The first-order valence-electron chi connectivity index (χ1n) is 10.6. The average Bonchev–Trinajstić information content (AvgIpc) is 3.31. The number of carboxylic acid groups (broad SMARTS) is 1. The Balaban J connectivity index is 1.37. The minimum absolute atomic E-state index is 0.130. The summed E-state index contributed by atoms with van der Waals surface area (Å²) in [6.45, 7) is 4.68. The Morgan fingerprint density at radius 3 is 2.82 bits per heavy atom. The summed E-state index contributed by atoms with van der Waals surface area (Å²) in [5.74, 6) is 1.91. The Bertz CT molecular complexity index is 1340. The van der Waals surface area contributed by atoms with Gasteiger partial charge in [-0.3, -0.25) is 9.67 Å². The van der Waals surface area contributed by atoms with Crippen LogP contribution >= 0.6 is 0 Å². The number of carbonyl (C=O) groups is 1. The molecule has 0 aromatic carbocycles. The highest BCUT2D eigenvalue weighted by Crippen LogP contribution is 2.31. The Labute approximate surface area is 189 Å². The van der Waals surface area contributed by atoms with Crippen LogP contribution in [0.25, 0.3) is 16.8 Å². The van der Waals surface area contributed by atoms with Gasteiger partial charge in [0.25, 0.3) is 0 Å². The van der Waals surface area contributed by atoms with Crippen molar-refractivity contribution in [2.45, 2.75) is 26.3 Å². The molecule has 11 nitrogen and oxygen atoms in total. The number of rotatable bonds is 6. The fraction of sp³-hybridized carbons (Fsp3) is 0.318. The van der Waals surface area contributed by atoms with Crippen molar-refractivity contribution in [3.63, 3.8) is 0 Å². The van der Waals surface area contributed by atoms with Gasteiger partial charge in [0, 0.05) is 31.4 Å². The van der Waals surface area contributed by atoms with Crippen molar-refractivity contribution < 1.29 is 14.6 Å². The van der Waals surface area contributed by atoms with E-state index in [9.17, 15) is 9.90 Å². The summed E-state index contributed by atoms with van der Waals surface area (Å²) in [5, 5.41) is 21.3. The monoisotopic (exact) mass is 448 g/mol. The van der Waals surface area contributed by atoms with Gasteiger partial charge in [-0.05, 0) is 32.4 Å². The molecule has 1 aliphatic rings. The van der Waals surface area contributed by atoms with Crippen LogP contribution in [0.1, 0.15) is 17.8 Å². The molecule has 0 spiro atoms. The molecule has 0 bridgehead atoms. The third-order valence-corrected chi connectivity index (χ3v) is 5.91. The fourth-order valence-corrected chi connectivity index (χ4v) is 3.84. The van der Waals surface area contributed by atoms with Gasteiger partial charge in [0.1, 0.15) is 18.1 Å². The molecule has 1 aliphatic heterocycles. The minimum Gasteiger partial charge on any atom is -0.487 e. The number of aryl methyl sites for hydroxylation is 3. The number of fused-ring (bicyclic) bond motifs is 1. The highest BCUT2D eigenvalue weighted by atomic mass is 16.5. The zero-order chi connectivity index (χ0) is 23.1. The van der Waals surface area contributed by atoms with E-state index in [2.05, 4.69) is 25.5 Å². The van der Waals surface area contributed by atoms with Gasteiger partial charge >= 0.3 is 6.09 Å². The molecule has 11 heteroatoms. The van der Waals surface area contributed by atoms with Gasteiger partial charge in [0.15, 0.2) is 11.6 Å². The molecule has 0 saturated carbocycles. The molecule has 0 aliphatic carbocycles. The van der Waals surface area contributed by atoms with E-state index in [1.807, 2.05) is 45.3 Å². The van der Waals surface area contributed by atoms with Crippen LogP contribution in [0, 0.1) is 13.8 Å². The van der Waals surface area contributed by atoms with Crippen molar-refractivity contribution in [2.24, 2.45) is 7.05 Å². The molecule has 5 rings (SSSR count). The van der Waals surface area contributed by atoms with E-state index in [4.69, 9.17) is 4.74 Å². The Morgan fingerprint density at radius 2 is 2.09 bits per heavy atom. The largest absolute Gasteiger partial charge is 0.487 e. The van der Waals surface area contributed by atoms with Gasteiger partial charge in [-0.15, -0.1) is 0 Å². The van der Waals surface area contributed by atoms with Crippen LogP contribution in [-0.4, -0.2) is 64.7 Å². The molecule has 4 aromatic heterocycles. The van der Waals surface area contributed by atoms with Gasteiger partial charge in [-0.25, -0.2) is 14.3 Å². The lowest BCUT2D eigenvalue weighted by Crippen LogP contribution is -2.53. The molecule has 1 amide bonds. The number of aromatic nitrogens is 6. The predicted molar refractivity (Wildman–Crippen MR) is 121 cm³/mol. The van der Waals surface area contributed by atoms with Gasteiger partial charge in [-0.2, -0.15) is 10.2 Å². The van der Waals surface area contributed by atoms with Crippen LogP contribution < -0.4 is 10.1 Å². The SMILES string of the molecule is Cc1ncc(Nc2cc3cc(-c4c(OC[C@H]5CCN5C(=O)O)cnn4C)ccn3n2)nc1C. The lowest BCUT2D eigenvalue weighted by Gasteiger charge is -2.38. The van der Waals surface area contributed by atoms with Crippen molar-refractivity contribution in [3.05, 3.63) is 48.2 Å². The van der Waals surface area contributed by atoms with Crippen molar-refractivity contribution >= 4 is 23.2 Å². The van der Waals surface area contributed by atoms with Crippen LogP contribution in [-0.2, 0) is 7.05 Å². The molecule has 0 radical (unpaired) electrons. The van der Waals surface area contributed by atoms with Crippen LogP contribution in [0.2, 0.25) is 0 Å². The van der Waals surface area contributed by atoms with Crippen LogP contribution in [0.3, 0.4) is 0 Å². The number of anilines is 2. The third kappa shape index (κ3) is 3.93. The molecule has 33 heavy (non-hydrogen) atoms. The minimum atomic E-state index is -0.913. The lowest BCUT2D eigenvalue weighted by atomic mass is 10.1. The van der Waals surface area contributed by atoms with E-state index < -0.39 is 6.09 Å². The highest BCUT2D eigenvalue weighted by molar-refractivity contribution is 5.73. The van der Waals surface area contributed by atoms with Gasteiger partial charge in [-0.1, -0.05) is 0 Å². The second kappa shape index (κ2) is 8.08. The number of ether oxygens (including phenoxy) is 1. The first-order valence-corrected chi connectivity index (χ1v) is 10.6. The predicted octanol–water partition coefficient (Wildman–Crippen LogP) is 3.02. The van der Waals surface area contributed by atoms with E-state index in [0.717, 1.165) is 34.6 Å². The second-order valence-corrected chi connectivity index (χ2v) is 8.08. The molecule has 5 heterocycles. The smallest absolute Gasteiger partial charge is 0.407 e. The molecule has 4 aromatic rings. The van der Waals surface area contributed by atoms with Crippen molar-refractivity contribution in [1.82, 2.24) is 34.3 Å². The molecule has 170 valence electrons. The molecule has 1 saturated heterocycles. The molecule has 2 N–H and O–H groups in total. The van der Waals surface area contributed by atoms with E-state index >= 15 is 0 Å². The van der Waals surface area contributed by atoms with Crippen molar-refractivity contribution in [3.8, 4) is 17.0 Å². The first kappa shape index (κ1) is 20.7. The first-order chi connectivity index (χ1) is 15.9.